The van der Waals surface area contributed by atoms with Crippen LogP contribution in [-0.4, -0.2) is 12.7 Å². The molecule has 0 saturated heterocycles. The first-order chi connectivity index (χ1) is 5.35. The minimum absolute atomic E-state index is 0.310. The van der Waals surface area contributed by atoms with Gasteiger partial charge in [-0.3, -0.25) is 0 Å². The highest BCUT2D eigenvalue weighted by atomic mass is 16.5. The Bertz CT molecular complexity index is 111. The molecule has 64 valence electrons. The smallest absolute Gasteiger partial charge is 0.0622 e. The lowest BCUT2D eigenvalue weighted by Crippen LogP contribution is -2.11. The first-order valence-electron chi connectivity index (χ1n) is 4.33. The summed E-state index contributed by atoms with van der Waals surface area (Å²) in [6.07, 6.45) is 4.03. The van der Waals surface area contributed by atoms with Crippen LogP contribution < -0.4 is 0 Å². The van der Waals surface area contributed by atoms with E-state index in [0.29, 0.717) is 12.5 Å². The van der Waals surface area contributed by atoms with Gasteiger partial charge in [0, 0.05) is 13.0 Å². The minimum atomic E-state index is 0.310. The molecule has 0 bridgehead atoms. The Morgan fingerprint density at radius 1 is 1.36 bits per heavy atom. The van der Waals surface area contributed by atoms with Crippen molar-refractivity contribution >= 4 is 0 Å². The summed E-state index contributed by atoms with van der Waals surface area (Å²) in [5, 5.41) is 8.35. The first kappa shape index (κ1) is 10.4. The van der Waals surface area contributed by atoms with Crippen LogP contribution in [0.15, 0.2) is 0 Å². The monoisotopic (exact) mass is 155 g/mol. The number of ether oxygens (including phenoxy) is 1. The third kappa shape index (κ3) is 5.87. The quantitative estimate of drug-likeness (QED) is 0.590. The average Bonchev–Trinajstić information content (AvgIpc) is 2.01. The first-order valence-corrected chi connectivity index (χ1v) is 4.33. The molecule has 2 nitrogen and oxygen atoms in total. The number of nitriles is 1. The molecule has 0 aromatic heterocycles. The lowest BCUT2D eigenvalue weighted by atomic mass is 10.1. The fraction of sp³-hybridized carbons (Fsp3) is 0.889. The number of hydrogen-bond donors (Lipinski definition) is 0. The molecule has 0 spiro atoms. The van der Waals surface area contributed by atoms with Crippen molar-refractivity contribution in [3.8, 4) is 6.07 Å². The number of nitrogens with zero attached hydrogens (tertiary/aromatic N) is 1. The maximum atomic E-state index is 8.35. The van der Waals surface area contributed by atoms with E-state index in [1.807, 2.05) is 6.92 Å². The van der Waals surface area contributed by atoms with Crippen LogP contribution in [0.4, 0.5) is 0 Å². The van der Waals surface area contributed by atoms with Crippen LogP contribution in [0.1, 0.15) is 39.5 Å². The van der Waals surface area contributed by atoms with Crippen molar-refractivity contribution in [3.63, 3.8) is 0 Å². The molecule has 0 fully saturated rings. The molecule has 1 atom stereocenters. The van der Waals surface area contributed by atoms with E-state index in [4.69, 9.17) is 10.00 Å². The molecule has 0 amide bonds. The molecule has 0 aliphatic carbocycles. The van der Waals surface area contributed by atoms with E-state index in [0.717, 1.165) is 25.9 Å². The van der Waals surface area contributed by atoms with E-state index in [-0.39, 0.29) is 0 Å². The van der Waals surface area contributed by atoms with Crippen LogP contribution in [0.2, 0.25) is 0 Å². The van der Waals surface area contributed by atoms with Gasteiger partial charge < -0.3 is 4.74 Å². The van der Waals surface area contributed by atoms with Crippen LogP contribution >= 0.6 is 0 Å². The van der Waals surface area contributed by atoms with Crippen LogP contribution in [-0.2, 0) is 4.74 Å². The molecular formula is C9H17NO. The summed E-state index contributed by atoms with van der Waals surface area (Å²) in [6.45, 7) is 4.89. The summed E-state index contributed by atoms with van der Waals surface area (Å²) in [6, 6.07) is 2.13. The van der Waals surface area contributed by atoms with E-state index in [1.54, 1.807) is 0 Å². The minimum Gasteiger partial charge on any atom is -0.378 e. The van der Waals surface area contributed by atoms with Crippen molar-refractivity contribution in [1.29, 1.82) is 5.26 Å². The largest absolute Gasteiger partial charge is 0.378 e. The van der Waals surface area contributed by atoms with Crippen LogP contribution in [0.5, 0.6) is 0 Å². The predicted octanol–water partition coefficient (Wildman–Crippen LogP) is 2.50. The zero-order valence-electron chi connectivity index (χ0n) is 7.47. The van der Waals surface area contributed by atoms with Gasteiger partial charge in [-0.15, -0.1) is 0 Å². The molecule has 0 rings (SSSR count). The summed E-state index contributed by atoms with van der Waals surface area (Å²) < 4.78 is 5.43. The molecule has 0 radical (unpaired) electrons. The maximum absolute atomic E-state index is 8.35. The summed E-state index contributed by atoms with van der Waals surface area (Å²) in [4.78, 5) is 0. The molecule has 1 unspecified atom stereocenters. The fourth-order valence-corrected chi connectivity index (χ4v) is 1.09. The normalized spacial score (nSPS) is 12.5. The highest BCUT2D eigenvalue weighted by Gasteiger charge is 2.05. The van der Waals surface area contributed by atoms with E-state index >= 15 is 0 Å². The SMILES string of the molecule is CCCC(CCC#N)OCC. The van der Waals surface area contributed by atoms with Gasteiger partial charge >= 0.3 is 0 Å². The van der Waals surface area contributed by atoms with Gasteiger partial charge in [0.2, 0.25) is 0 Å². The second-order valence-electron chi connectivity index (χ2n) is 2.56. The highest BCUT2D eigenvalue weighted by Crippen LogP contribution is 2.08. The van der Waals surface area contributed by atoms with Gasteiger partial charge in [-0.2, -0.15) is 5.26 Å². The van der Waals surface area contributed by atoms with Gasteiger partial charge in [-0.05, 0) is 19.8 Å². The molecule has 2 heteroatoms. The molecular weight excluding hydrogens is 138 g/mol. The molecule has 0 aromatic carbocycles. The molecule has 11 heavy (non-hydrogen) atoms. The molecule has 0 aliphatic heterocycles. The predicted molar refractivity (Wildman–Crippen MR) is 45.2 cm³/mol. The van der Waals surface area contributed by atoms with Crippen molar-refractivity contribution in [2.75, 3.05) is 6.61 Å². The second-order valence-corrected chi connectivity index (χ2v) is 2.56. The Labute approximate surface area is 69.2 Å². The summed E-state index contributed by atoms with van der Waals surface area (Å²) in [7, 11) is 0. The molecule has 0 aromatic rings. The van der Waals surface area contributed by atoms with Gasteiger partial charge in [-0.25, -0.2) is 0 Å². The Kier molecular flexibility index (Phi) is 7.18. The lowest BCUT2D eigenvalue weighted by molar-refractivity contribution is 0.0513. The molecule has 0 heterocycles. The second kappa shape index (κ2) is 7.56. The van der Waals surface area contributed by atoms with Crippen LogP contribution in [0, 0.1) is 11.3 Å². The average molecular weight is 155 g/mol. The van der Waals surface area contributed by atoms with E-state index in [1.165, 1.54) is 0 Å². The molecule has 0 N–H and O–H groups in total. The van der Waals surface area contributed by atoms with Gasteiger partial charge in [0.05, 0.1) is 12.2 Å². The maximum Gasteiger partial charge on any atom is 0.0622 e. The van der Waals surface area contributed by atoms with E-state index in [2.05, 4.69) is 13.0 Å². The van der Waals surface area contributed by atoms with Crippen molar-refractivity contribution in [3.05, 3.63) is 0 Å². The van der Waals surface area contributed by atoms with Gasteiger partial charge in [0.25, 0.3) is 0 Å². The van der Waals surface area contributed by atoms with Gasteiger partial charge in [0.15, 0.2) is 0 Å². The van der Waals surface area contributed by atoms with Crippen LogP contribution in [0.3, 0.4) is 0 Å². The zero-order valence-corrected chi connectivity index (χ0v) is 7.47. The highest BCUT2D eigenvalue weighted by molar-refractivity contribution is 4.72. The van der Waals surface area contributed by atoms with Gasteiger partial charge in [0.1, 0.15) is 0 Å². The van der Waals surface area contributed by atoms with Crippen LogP contribution in [0.25, 0.3) is 0 Å². The number of rotatable bonds is 6. The third-order valence-electron chi connectivity index (χ3n) is 1.59. The number of hydrogen-bond acceptors (Lipinski definition) is 2. The van der Waals surface area contributed by atoms with E-state index < -0.39 is 0 Å². The van der Waals surface area contributed by atoms with Crippen molar-refractivity contribution < 1.29 is 4.74 Å². The summed E-state index contributed by atoms with van der Waals surface area (Å²) >= 11 is 0. The summed E-state index contributed by atoms with van der Waals surface area (Å²) in [5.41, 5.74) is 0. The molecule has 0 saturated carbocycles. The van der Waals surface area contributed by atoms with Crippen molar-refractivity contribution in [1.82, 2.24) is 0 Å². The van der Waals surface area contributed by atoms with Gasteiger partial charge in [-0.1, -0.05) is 13.3 Å². The Balaban J connectivity index is 3.44. The Morgan fingerprint density at radius 2 is 2.09 bits per heavy atom. The summed E-state index contributed by atoms with van der Waals surface area (Å²) in [5.74, 6) is 0. The molecule has 0 aliphatic rings. The van der Waals surface area contributed by atoms with Crippen molar-refractivity contribution in [2.45, 2.75) is 45.6 Å². The lowest BCUT2D eigenvalue weighted by Gasteiger charge is -2.13. The standard InChI is InChI=1S/C9H17NO/c1-3-6-9(11-4-2)7-5-8-10/h9H,3-7H2,1-2H3. The zero-order chi connectivity index (χ0) is 8.53. The Hall–Kier alpha value is -0.550. The fourth-order valence-electron chi connectivity index (χ4n) is 1.09. The topological polar surface area (TPSA) is 33.0 Å². The third-order valence-corrected chi connectivity index (χ3v) is 1.59. The Morgan fingerprint density at radius 3 is 2.55 bits per heavy atom. The van der Waals surface area contributed by atoms with Crippen molar-refractivity contribution in [2.24, 2.45) is 0 Å². The van der Waals surface area contributed by atoms with E-state index in [9.17, 15) is 0 Å².